The van der Waals surface area contributed by atoms with Gasteiger partial charge in [0.15, 0.2) is 0 Å². The standard InChI is InChI=1S/C18H24N2O2/c1-13(2)8-10-22-18(21)17-11-14(3)20(15(17)4)12-16-7-5-6-9-19-16/h5-7,9,11,13H,8,10,12H2,1-4H3. The Morgan fingerprint density at radius 1 is 1.32 bits per heavy atom. The minimum atomic E-state index is -0.235. The van der Waals surface area contributed by atoms with Crippen LogP contribution < -0.4 is 0 Å². The molecule has 0 amide bonds. The minimum absolute atomic E-state index is 0.235. The summed E-state index contributed by atoms with van der Waals surface area (Å²) in [4.78, 5) is 16.6. The van der Waals surface area contributed by atoms with E-state index in [2.05, 4.69) is 23.4 Å². The second kappa shape index (κ2) is 7.25. The van der Waals surface area contributed by atoms with E-state index in [4.69, 9.17) is 4.74 Å². The lowest BCUT2D eigenvalue weighted by atomic mass is 10.1. The van der Waals surface area contributed by atoms with Gasteiger partial charge in [-0.05, 0) is 44.4 Å². The molecule has 0 fully saturated rings. The largest absolute Gasteiger partial charge is 0.462 e. The van der Waals surface area contributed by atoms with E-state index in [9.17, 15) is 4.79 Å². The maximum atomic E-state index is 12.2. The van der Waals surface area contributed by atoms with E-state index in [0.717, 1.165) is 23.5 Å². The maximum absolute atomic E-state index is 12.2. The summed E-state index contributed by atoms with van der Waals surface area (Å²) < 4.78 is 7.47. The maximum Gasteiger partial charge on any atom is 0.339 e. The van der Waals surface area contributed by atoms with Gasteiger partial charge < -0.3 is 9.30 Å². The molecule has 0 aliphatic rings. The summed E-state index contributed by atoms with van der Waals surface area (Å²) in [6.45, 7) is 9.33. The second-order valence-electron chi connectivity index (χ2n) is 6.01. The number of carbonyl (C=O) groups is 1. The summed E-state index contributed by atoms with van der Waals surface area (Å²) in [6.07, 6.45) is 2.67. The molecule has 4 heteroatoms. The molecule has 0 N–H and O–H groups in total. The van der Waals surface area contributed by atoms with Gasteiger partial charge in [-0.15, -0.1) is 0 Å². The van der Waals surface area contributed by atoms with Crippen LogP contribution in [0.5, 0.6) is 0 Å². The van der Waals surface area contributed by atoms with E-state index in [1.807, 2.05) is 38.1 Å². The van der Waals surface area contributed by atoms with Crippen molar-refractivity contribution in [3.63, 3.8) is 0 Å². The van der Waals surface area contributed by atoms with Crippen molar-refractivity contribution in [1.82, 2.24) is 9.55 Å². The van der Waals surface area contributed by atoms with Crippen molar-refractivity contribution in [2.24, 2.45) is 5.92 Å². The Morgan fingerprint density at radius 2 is 2.09 bits per heavy atom. The van der Waals surface area contributed by atoms with Crippen molar-refractivity contribution in [1.29, 1.82) is 0 Å². The highest BCUT2D eigenvalue weighted by Crippen LogP contribution is 2.18. The Bertz CT molecular complexity index is 630. The van der Waals surface area contributed by atoms with Crippen LogP contribution >= 0.6 is 0 Å². The average molecular weight is 300 g/mol. The molecule has 0 spiro atoms. The van der Waals surface area contributed by atoms with Crippen LogP contribution in [0.4, 0.5) is 0 Å². The van der Waals surface area contributed by atoms with Gasteiger partial charge in [-0.3, -0.25) is 4.98 Å². The summed E-state index contributed by atoms with van der Waals surface area (Å²) >= 11 is 0. The number of hydrogen-bond donors (Lipinski definition) is 0. The smallest absolute Gasteiger partial charge is 0.339 e. The van der Waals surface area contributed by atoms with Gasteiger partial charge in [0.1, 0.15) is 0 Å². The minimum Gasteiger partial charge on any atom is -0.462 e. The summed E-state index contributed by atoms with van der Waals surface area (Å²) in [5.74, 6) is 0.297. The zero-order chi connectivity index (χ0) is 16.1. The van der Waals surface area contributed by atoms with Crippen LogP contribution in [0.25, 0.3) is 0 Å². The fraction of sp³-hybridized carbons (Fsp3) is 0.444. The monoisotopic (exact) mass is 300 g/mol. The highest BCUT2D eigenvalue weighted by atomic mass is 16.5. The second-order valence-corrected chi connectivity index (χ2v) is 6.01. The molecular weight excluding hydrogens is 276 g/mol. The highest BCUT2D eigenvalue weighted by molar-refractivity contribution is 5.91. The quantitative estimate of drug-likeness (QED) is 0.763. The summed E-state index contributed by atoms with van der Waals surface area (Å²) in [6, 6.07) is 7.75. The predicted octanol–water partition coefficient (Wildman–Crippen LogP) is 3.75. The number of ether oxygens (including phenoxy) is 1. The van der Waals surface area contributed by atoms with E-state index >= 15 is 0 Å². The fourth-order valence-electron chi connectivity index (χ4n) is 2.37. The molecule has 118 valence electrons. The Labute approximate surface area is 132 Å². The van der Waals surface area contributed by atoms with Gasteiger partial charge in [-0.2, -0.15) is 0 Å². The van der Waals surface area contributed by atoms with Gasteiger partial charge in [0.25, 0.3) is 0 Å². The molecule has 0 saturated carbocycles. The lowest BCUT2D eigenvalue weighted by molar-refractivity contribution is 0.0487. The molecule has 22 heavy (non-hydrogen) atoms. The van der Waals surface area contributed by atoms with Gasteiger partial charge in [0.2, 0.25) is 0 Å². The molecule has 0 aliphatic carbocycles. The highest BCUT2D eigenvalue weighted by Gasteiger charge is 2.17. The molecule has 0 saturated heterocycles. The normalized spacial score (nSPS) is 11.0. The molecule has 0 unspecified atom stereocenters. The average Bonchev–Trinajstić information content (AvgIpc) is 2.76. The topological polar surface area (TPSA) is 44.1 Å². The first-order valence-corrected chi connectivity index (χ1v) is 7.72. The zero-order valence-corrected chi connectivity index (χ0v) is 13.8. The van der Waals surface area contributed by atoms with Crippen molar-refractivity contribution in [3.05, 3.63) is 53.1 Å². The number of rotatable bonds is 6. The zero-order valence-electron chi connectivity index (χ0n) is 13.8. The Hall–Kier alpha value is -2.10. The molecule has 2 rings (SSSR count). The first-order valence-electron chi connectivity index (χ1n) is 7.72. The van der Waals surface area contributed by atoms with Gasteiger partial charge >= 0.3 is 5.97 Å². The van der Waals surface area contributed by atoms with E-state index in [1.54, 1.807) is 6.20 Å². The van der Waals surface area contributed by atoms with Crippen molar-refractivity contribution >= 4 is 5.97 Å². The number of carbonyl (C=O) groups excluding carboxylic acids is 1. The molecule has 0 radical (unpaired) electrons. The number of aromatic nitrogens is 2. The van der Waals surface area contributed by atoms with Crippen molar-refractivity contribution < 1.29 is 9.53 Å². The van der Waals surface area contributed by atoms with Crippen LogP contribution in [-0.4, -0.2) is 22.1 Å². The molecule has 0 aromatic carbocycles. The number of hydrogen-bond acceptors (Lipinski definition) is 3. The Kier molecular flexibility index (Phi) is 5.36. The predicted molar refractivity (Wildman–Crippen MR) is 87.0 cm³/mol. The number of esters is 1. The summed E-state index contributed by atoms with van der Waals surface area (Å²) in [5, 5.41) is 0. The van der Waals surface area contributed by atoms with Crippen LogP contribution in [-0.2, 0) is 11.3 Å². The molecule has 4 nitrogen and oxygen atoms in total. The van der Waals surface area contributed by atoms with Crippen LogP contribution in [0.3, 0.4) is 0 Å². The third kappa shape index (κ3) is 3.97. The number of nitrogens with zero attached hydrogens (tertiary/aromatic N) is 2. The Balaban J connectivity index is 2.11. The first-order chi connectivity index (χ1) is 10.5. The lowest BCUT2D eigenvalue weighted by Gasteiger charge is -2.10. The molecule has 0 bridgehead atoms. The van der Waals surface area contributed by atoms with Crippen LogP contribution in [0.15, 0.2) is 30.5 Å². The SMILES string of the molecule is Cc1cc(C(=O)OCCC(C)C)c(C)n1Cc1ccccn1. The van der Waals surface area contributed by atoms with E-state index in [0.29, 0.717) is 24.6 Å². The van der Waals surface area contributed by atoms with Crippen molar-refractivity contribution in [2.75, 3.05) is 6.61 Å². The van der Waals surface area contributed by atoms with E-state index in [1.165, 1.54) is 0 Å². The van der Waals surface area contributed by atoms with Gasteiger partial charge in [0, 0.05) is 17.6 Å². The number of aryl methyl sites for hydroxylation is 1. The fourth-order valence-corrected chi connectivity index (χ4v) is 2.37. The Morgan fingerprint density at radius 3 is 2.73 bits per heavy atom. The van der Waals surface area contributed by atoms with Crippen LogP contribution in [0, 0.1) is 19.8 Å². The third-order valence-corrected chi connectivity index (χ3v) is 3.77. The molecule has 2 heterocycles. The van der Waals surface area contributed by atoms with Gasteiger partial charge in [-0.1, -0.05) is 19.9 Å². The van der Waals surface area contributed by atoms with Crippen molar-refractivity contribution in [3.8, 4) is 0 Å². The molecular formula is C18H24N2O2. The first kappa shape index (κ1) is 16.3. The molecule has 0 atom stereocenters. The van der Waals surface area contributed by atoms with Gasteiger partial charge in [-0.25, -0.2) is 4.79 Å². The molecule has 2 aromatic heterocycles. The summed E-state index contributed by atoms with van der Waals surface area (Å²) in [7, 11) is 0. The van der Waals surface area contributed by atoms with Crippen LogP contribution in [0.2, 0.25) is 0 Å². The summed E-state index contributed by atoms with van der Waals surface area (Å²) in [5.41, 5.74) is 3.60. The van der Waals surface area contributed by atoms with E-state index < -0.39 is 0 Å². The van der Waals surface area contributed by atoms with Gasteiger partial charge in [0.05, 0.1) is 24.4 Å². The van der Waals surface area contributed by atoms with E-state index in [-0.39, 0.29) is 5.97 Å². The van der Waals surface area contributed by atoms with Crippen molar-refractivity contribution in [2.45, 2.75) is 40.7 Å². The van der Waals surface area contributed by atoms with Crippen LogP contribution in [0.1, 0.15) is 47.7 Å². The third-order valence-electron chi connectivity index (χ3n) is 3.77. The molecule has 2 aromatic rings. The lowest BCUT2D eigenvalue weighted by Crippen LogP contribution is -2.10. The molecule has 0 aliphatic heterocycles. The number of pyridine rings is 1.